The summed E-state index contributed by atoms with van der Waals surface area (Å²) >= 11 is 5.81. The molecule has 1 aromatic carbocycles. The number of urea groups is 1. The molecule has 1 unspecified atom stereocenters. The summed E-state index contributed by atoms with van der Waals surface area (Å²) in [6, 6.07) is 6.04. The van der Waals surface area contributed by atoms with Crippen LogP contribution in [0.25, 0.3) is 0 Å². The highest BCUT2D eigenvalue weighted by atomic mass is 35.5. The van der Waals surface area contributed by atoms with Crippen LogP contribution in [0.4, 0.5) is 4.79 Å². The van der Waals surface area contributed by atoms with E-state index in [1.807, 2.05) is 0 Å². The van der Waals surface area contributed by atoms with Crippen molar-refractivity contribution in [3.05, 3.63) is 34.9 Å². The van der Waals surface area contributed by atoms with Gasteiger partial charge in [0, 0.05) is 12.1 Å². The molecular formula is C13H14ClN3O3. The molecule has 4 amide bonds. The molecule has 0 radical (unpaired) electrons. The highest BCUT2D eigenvalue weighted by molar-refractivity contribution is 6.30. The van der Waals surface area contributed by atoms with E-state index < -0.39 is 23.4 Å². The van der Waals surface area contributed by atoms with E-state index in [1.165, 1.54) is 7.05 Å². The van der Waals surface area contributed by atoms with E-state index in [1.54, 1.807) is 31.2 Å². The van der Waals surface area contributed by atoms with Gasteiger partial charge < -0.3 is 10.6 Å². The van der Waals surface area contributed by atoms with E-state index in [9.17, 15) is 14.4 Å². The van der Waals surface area contributed by atoms with Crippen molar-refractivity contribution < 1.29 is 14.4 Å². The summed E-state index contributed by atoms with van der Waals surface area (Å²) in [7, 11) is 1.44. The SMILES string of the molecule is CNC(=O)CN1C(=O)NC(C)(c2ccc(Cl)cc2)C1=O. The zero-order chi connectivity index (χ0) is 14.9. The zero-order valence-electron chi connectivity index (χ0n) is 11.1. The van der Waals surface area contributed by atoms with Crippen LogP contribution in [0.1, 0.15) is 12.5 Å². The minimum Gasteiger partial charge on any atom is -0.358 e. The number of carbonyl (C=O) groups excluding carboxylic acids is 3. The first kappa shape index (κ1) is 14.3. The molecule has 2 rings (SSSR count). The van der Waals surface area contributed by atoms with Crippen LogP contribution < -0.4 is 10.6 Å². The molecule has 1 aliphatic heterocycles. The first-order chi connectivity index (χ1) is 9.38. The van der Waals surface area contributed by atoms with Gasteiger partial charge in [-0.2, -0.15) is 0 Å². The summed E-state index contributed by atoms with van der Waals surface area (Å²) in [6.45, 7) is 1.30. The molecule has 106 valence electrons. The summed E-state index contributed by atoms with van der Waals surface area (Å²) in [5.41, 5.74) is -0.574. The normalized spacial score (nSPS) is 21.9. The van der Waals surface area contributed by atoms with Crippen molar-refractivity contribution in [1.82, 2.24) is 15.5 Å². The molecule has 1 heterocycles. The summed E-state index contributed by atoms with van der Waals surface area (Å²) in [4.78, 5) is 36.5. The van der Waals surface area contributed by atoms with E-state index in [0.29, 0.717) is 10.6 Å². The summed E-state index contributed by atoms with van der Waals surface area (Å²) in [5, 5.41) is 5.53. The highest BCUT2D eigenvalue weighted by Gasteiger charge is 2.49. The fourth-order valence-corrected chi connectivity index (χ4v) is 2.17. The molecule has 2 N–H and O–H groups in total. The van der Waals surface area contributed by atoms with Gasteiger partial charge in [-0.1, -0.05) is 23.7 Å². The van der Waals surface area contributed by atoms with Crippen LogP contribution in [0.3, 0.4) is 0 Å². The van der Waals surface area contributed by atoms with E-state index in [4.69, 9.17) is 11.6 Å². The Morgan fingerprint density at radius 1 is 1.35 bits per heavy atom. The molecule has 1 saturated heterocycles. The maximum absolute atomic E-state index is 12.4. The van der Waals surface area contributed by atoms with Crippen LogP contribution in [-0.4, -0.2) is 36.3 Å². The van der Waals surface area contributed by atoms with Crippen molar-refractivity contribution in [3.8, 4) is 0 Å². The van der Waals surface area contributed by atoms with Crippen molar-refractivity contribution in [2.24, 2.45) is 0 Å². The first-order valence-corrected chi connectivity index (χ1v) is 6.37. The second-order valence-electron chi connectivity index (χ2n) is 4.63. The molecule has 0 saturated carbocycles. The van der Waals surface area contributed by atoms with Gasteiger partial charge in [0.2, 0.25) is 5.91 Å². The lowest BCUT2D eigenvalue weighted by Crippen LogP contribution is -2.42. The summed E-state index contributed by atoms with van der Waals surface area (Å²) < 4.78 is 0. The molecule has 20 heavy (non-hydrogen) atoms. The number of amides is 4. The van der Waals surface area contributed by atoms with Crippen LogP contribution in [0.2, 0.25) is 5.02 Å². The number of hydrogen-bond acceptors (Lipinski definition) is 3. The van der Waals surface area contributed by atoms with E-state index >= 15 is 0 Å². The van der Waals surface area contributed by atoms with Gasteiger partial charge >= 0.3 is 6.03 Å². The number of imide groups is 1. The number of nitrogens with zero attached hydrogens (tertiary/aromatic N) is 1. The molecular weight excluding hydrogens is 282 g/mol. The molecule has 0 aromatic heterocycles. The van der Waals surface area contributed by atoms with E-state index in [-0.39, 0.29) is 6.54 Å². The third-order valence-corrected chi connectivity index (χ3v) is 3.53. The van der Waals surface area contributed by atoms with Gasteiger partial charge in [-0.15, -0.1) is 0 Å². The standard InChI is InChI=1S/C13H14ClN3O3/c1-13(8-3-5-9(14)6-4-8)11(19)17(12(20)16-13)7-10(18)15-2/h3-6H,7H2,1-2H3,(H,15,18)(H,16,20). The Morgan fingerprint density at radius 3 is 2.50 bits per heavy atom. The molecule has 1 aliphatic rings. The number of hydrogen-bond donors (Lipinski definition) is 2. The van der Waals surface area contributed by atoms with Crippen LogP contribution in [-0.2, 0) is 15.1 Å². The summed E-state index contributed by atoms with van der Waals surface area (Å²) in [5.74, 6) is -0.873. The molecule has 0 bridgehead atoms. The molecule has 7 heteroatoms. The van der Waals surface area contributed by atoms with Gasteiger partial charge in [0.15, 0.2) is 0 Å². The van der Waals surface area contributed by atoms with Crippen molar-refractivity contribution in [1.29, 1.82) is 0 Å². The number of halogens is 1. The monoisotopic (exact) mass is 295 g/mol. The first-order valence-electron chi connectivity index (χ1n) is 5.99. The third-order valence-electron chi connectivity index (χ3n) is 3.28. The van der Waals surface area contributed by atoms with Gasteiger partial charge in [-0.05, 0) is 24.6 Å². The Morgan fingerprint density at radius 2 is 1.95 bits per heavy atom. The number of rotatable bonds is 3. The van der Waals surface area contributed by atoms with Gasteiger partial charge in [-0.3, -0.25) is 14.5 Å². The van der Waals surface area contributed by atoms with Crippen LogP contribution in [0.5, 0.6) is 0 Å². The van der Waals surface area contributed by atoms with Crippen LogP contribution in [0.15, 0.2) is 24.3 Å². The third kappa shape index (κ3) is 2.34. The smallest absolute Gasteiger partial charge is 0.325 e. The molecule has 1 fully saturated rings. The van der Waals surface area contributed by atoms with E-state index in [0.717, 1.165) is 4.90 Å². The second-order valence-corrected chi connectivity index (χ2v) is 5.06. The topological polar surface area (TPSA) is 78.5 Å². The number of carbonyl (C=O) groups is 3. The zero-order valence-corrected chi connectivity index (χ0v) is 11.8. The van der Waals surface area contributed by atoms with E-state index in [2.05, 4.69) is 10.6 Å². The Bertz CT molecular complexity index is 573. The fraction of sp³-hybridized carbons (Fsp3) is 0.308. The van der Waals surface area contributed by atoms with Crippen molar-refractivity contribution >= 4 is 29.4 Å². The Hall–Kier alpha value is -2.08. The Kier molecular flexibility index (Phi) is 3.67. The average molecular weight is 296 g/mol. The molecule has 0 aliphatic carbocycles. The fourth-order valence-electron chi connectivity index (χ4n) is 2.04. The summed E-state index contributed by atoms with van der Waals surface area (Å²) in [6.07, 6.45) is 0. The maximum atomic E-state index is 12.4. The number of likely N-dealkylation sites (N-methyl/N-ethyl adjacent to an activating group) is 1. The minimum atomic E-state index is -1.18. The maximum Gasteiger partial charge on any atom is 0.325 e. The molecule has 1 atom stereocenters. The highest BCUT2D eigenvalue weighted by Crippen LogP contribution is 2.29. The molecule has 1 aromatic rings. The van der Waals surface area contributed by atoms with Gasteiger partial charge in [0.25, 0.3) is 5.91 Å². The predicted octanol–water partition coefficient (Wildman–Crippen LogP) is 0.853. The van der Waals surface area contributed by atoms with Crippen LogP contribution >= 0.6 is 11.6 Å². The largest absolute Gasteiger partial charge is 0.358 e. The van der Waals surface area contributed by atoms with Crippen LogP contribution in [0, 0.1) is 0 Å². The van der Waals surface area contributed by atoms with Gasteiger partial charge in [0.1, 0.15) is 12.1 Å². The predicted molar refractivity (Wildman–Crippen MR) is 73.1 cm³/mol. The lowest BCUT2D eigenvalue weighted by Gasteiger charge is -2.22. The number of benzene rings is 1. The molecule has 6 nitrogen and oxygen atoms in total. The van der Waals surface area contributed by atoms with Crippen molar-refractivity contribution in [2.45, 2.75) is 12.5 Å². The minimum absolute atomic E-state index is 0.301. The molecule has 0 spiro atoms. The lowest BCUT2D eigenvalue weighted by atomic mass is 9.92. The Labute approximate surface area is 121 Å². The quantitative estimate of drug-likeness (QED) is 0.812. The van der Waals surface area contributed by atoms with Gasteiger partial charge in [0.05, 0.1) is 0 Å². The Balaban J connectivity index is 2.30. The second kappa shape index (κ2) is 5.13. The average Bonchev–Trinajstić information content (AvgIpc) is 2.64. The van der Waals surface area contributed by atoms with Gasteiger partial charge in [-0.25, -0.2) is 4.79 Å². The van der Waals surface area contributed by atoms with Crippen molar-refractivity contribution in [2.75, 3.05) is 13.6 Å². The lowest BCUT2D eigenvalue weighted by molar-refractivity contribution is -0.134. The van der Waals surface area contributed by atoms with Crippen molar-refractivity contribution in [3.63, 3.8) is 0 Å². The number of nitrogens with one attached hydrogen (secondary N) is 2.